The summed E-state index contributed by atoms with van der Waals surface area (Å²) < 4.78 is 6.50. The Morgan fingerprint density at radius 3 is 2.22 bits per heavy atom. The molecule has 1 unspecified atom stereocenters. The summed E-state index contributed by atoms with van der Waals surface area (Å²) in [5.41, 5.74) is 1.25. The summed E-state index contributed by atoms with van der Waals surface area (Å²) in [5, 5.41) is 0.237. The molecule has 18 heavy (non-hydrogen) atoms. The highest BCUT2D eigenvalue weighted by molar-refractivity contribution is 6.74. The van der Waals surface area contributed by atoms with Crippen molar-refractivity contribution in [3.8, 4) is 0 Å². The van der Waals surface area contributed by atoms with Crippen molar-refractivity contribution in [3.05, 3.63) is 48.6 Å². The Labute approximate surface area is 113 Å². The minimum Gasteiger partial charge on any atom is -0.410 e. The first-order valence-electron chi connectivity index (χ1n) is 6.61. The molecular formula is C16H26OSi. The van der Waals surface area contributed by atoms with Crippen LogP contribution in [0.25, 0.3) is 0 Å². The van der Waals surface area contributed by atoms with E-state index in [1.54, 1.807) is 0 Å². The maximum Gasteiger partial charge on any atom is 0.192 e. The second kappa shape index (κ2) is 5.85. The monoisotopic (exact) mass is 262 g/mol. The summed E-state index contributed by atoms with van der Waals surface area (Å²) in [7, 11) is -1.74. The molecule has 0 aliphatic rings. The highest BCUT2D eigenvalue weighted by Crippen LogP contribution is 2.40. The minimum absolute atomic E-state index is 0.143. The summed E-state index contributed by atoms with van der Waals surface area (Å²) >= 11 is 0. The number of benzene rings is 1. The highest BCUT2D eigenvalue weighted by Gasteiger charge is 2.39. The molecule has 0 saturated heterocycles. The molecule has 1 aromatic rings. The van der Waals surface area contributed by atoms with E-state index in [4.69, 9.17) is 4.43 Å². The van der Waals surface area contributed by atoms with Gasteiger partial charge in [-0.3, -0.25) is 0 Å². The van der Waals surface area contributed by atoms with E-state index in [1.807, 2.05) is 12.1 Å². The van der Waals surface area contributed by atoms with Gasteiger partial charge in [-0.1, -0.05) is 57.2 Å². The van der Waals surface area contributed by atoms with Crippen molar-refractivity contribution >= 4 is 8.32 Å². The molecule has 100 valence electrons. The number of rotatable bonds is 5. The standard InChI is InChI=1S/C16H26OSi/c1-7-11-15(14-12-9-8-10-13-14)17-18(5,6)16(2,3)4/h7-10,12-13,15H,1,11H2,2-6H3. The van der Waals surface area contributed by atoms with Crippen molar-refractivity contribution < 1.29 is 4.43 Å². The van der Waals surface area contributed by atoms with Gasteiger partial charge in [0.15, 0.2) is 8.32 Å². The van der Waals surface area contributed by atoms with E-state index < -0.39 is 8.32 Å². The molecule has 1 nitrogen and oxygen atoms in total. The van der Waals surface area contributed by atoms with Crippen molar-refractivity contribution in [2.24, 2.45) is 0 Å². The van der Waals surface area contributed by atoms with Gasteiger partial charge in [0.1, 0.15) is 0 Å². The highest BCUT2D eigenvalue weighted by atomic mass is 28.4. The number of hydrogen-bond donors (Lipinski definition) is 0. The lowest BCUT2D eigenvalue weighted by atomic mass is 10.1. The zero-order valence-corrected chi connectivity index (χ0v) is 13.4. The van der Waals surface area contributed by atoms with Crippen LogP contribution in [0.1, 0.15) is 38.9 Å². The van der Waals surface area contributed by atoms with Crippen LogP contribution in [0.5, 0.6) is 0 Å². The van der Waals surface area contributed by atoms with Gasteiger partial charge in [0, 0.05) is 0 Å². The predicted molar refractivity (Wildman–Crippen MR) is 82.3 cm³/mol. The Balaban J connectivity index is 2.92. The molecule has 1 aromatic carbocycles. The Morgan fingerprint density at radius 1 is 1.22 bits per heavy atom. The van der Waals surface area contributed by atoms with Gasteiger partial charge in [-0.05, 0) is 30.1 Å². The summed E-state index contributed by atoms with van der Waals surface area (Å²) in [6.07, 6.45) is 2.96. The fraction of sp³-hybridized carbons (Fsp3) is 0.500. The zero-order chi connectivity index (χ0) is 13.8. The smallest absolute Gasteiger partial charge is 0.192 e. The average Bonchev–Trinajstić information content (AvgIpc) is 2.28. The molecule has 0 aliphatic heterocycles. The van der Waals surface area contributed by atoms with Crippen LogP contribution < -0.4 is 0 Å². The third kappa shape index (κ3) is 3.82. The number of hydrogen-bond acceptors (Lipinski definition) is 1. The van der Waals surface area contributed by atoms with Crippen molar-refractivity contribution in [1.82, 2.24) is 0 Å². The molecule has 2 heteroatoms. The van der Waals surface area contributed by atoms with E-state index in [9.17, 15) is 0 Å². The van der Waals surface area contributed by atoms with Crippen LogP contribution in [0.3, 0.4) is 0 Å². The van der Waals surface area contributed by atoms with Gasteiger partial charge < -0.3 is 4.43 Å². The first-order chi connectivity index (χ1) is 8.28. The molecular weight excluding hydrogens is 236 g/mol. The molecule has 0 aliphatic carbocycles. The van der Waals surface area contributed by atoms with Gasteiger partial charge in [0.25, 0.3) is 0 Å². The van der Waals surface area contributed by atoms with Crippen molar-refractivity contribution in [3.63, 3.8) is 0 Å². The summed E-state index contributed by atoms with van der Waals surface area (Å²) in [5.74, 6) is 0. The van der Waals surface area contributed by atoms with E-state index in [0.29, 0.717) is 0 Å². The molecule has 0 spiro atoms. The van der Waals surface area contributed by atoms with E-state index >= 15 is 0 Å². The van der Waals surface area contributed by atoms with Gasteiger partial charge in [0.2, 0.25) is 0 Å². The van der Waals surface area contributed by atoms with Gasteiger partial charge in [-0.2, -0.15) is 0 Å². The molecule has 0 saturated carbocycles. The molecule has 1 atom stereocenters. The SMILES string of the molecule is C=CCC(O[Si](C)(C)C(C)(C)C)c1ccccc1. The summed E-state index contributed by atoms with van der Waals surface area (Å²) in [6, 6.07) is 10.5. The Kier molecular flexibility index (Phi) is 4.94. The summed E-state index contributed by atoms with van der Waals surface area (Å²) in [6.45, 7) is 15.3. The van der Waals surface area contributed by atoms with Crippen LogP contribution in [0, 0.1) is 0 Å². The molecule has 0 aromatic heterocycles. The maximum absolute atomic E-state index is 6.50. The Bertz CT molecular complexity index is 376. The second-order valence-electron chi connectivity index (χ2n) is 6.30. The van der Waals surface area contributed by atoms with Crippen molar-refractivity contribution in [1.29, 1.82) is 0 Å². The molecule has 0 fully saturated rings. The van der Waals surface area contributed by atoms with Crippen molar-refractivity contribution in [2.75, 3.05) is 0 Å². The third-order valence-electron chi connectivity index (χ3n) is 3.80. The lowest BCUT2D eigenvalue weighted by Gasteiger charge is -2.39. The van der Waals surface area contributed by atoms with Gasteiger partial charge in [-0.15, -0.1) is 6.58 Å². The van der Waals surface area contributed by atoms with E-state index in [1.165, 1.54) is 5.56 Å². The van der Waals surface area contributed by atoms with Crippen LogP contribution in [-0.2, 0) is 4.43 Å². The molecule has 0 amide bonds. The second-order valence-corrected chi connectivity index (χ2v) is 11.1. The molecule has 0 heterocycles. The maximum atomic E-state index is 6.50. The van der Waals surface area contributed by atoms with E-state index in [2.05, 4.69) is 64.7 Å². The van der Waals surface area contributed by atoms with Gasteiger partial charge >= 0.3 is 0 Å². The van der Waals surface area contributed by atoms with Gasteiger partial charge in [-0.25, -0.2) is 0 Å². The quantitative estimate of drug-likeness (QED) is 0.515. The molecule has 1 rings (SSSR count). The van der Waals surface area contributed by atoms with Crippen LogP contribution in [0.15, 0.2) is 43.0 Å². The van der Waals surface area contributed by atoms with Crippen molar-refractivity contribution in [2.45, 2.75) is 51.4 Å². The van der Waals surface area contributed by atoms with Gasteiger partial charge in [0.05, 0.1) is 6.10 Å². The van der Waals surface area contributed by atoms with Crippen LogP contribution in [0.2, 0.25) is 18.1 Å². The lowest BCUT2D eigenvalue weighted by molar-refractivity contribution is 0.187. The summed E-state index contributed by atoms with van der Waals surface area (Å²) in [4.78, 5) is 0. The largest absolute Gasteiger partial charge is 0.410 e. The first-order valence-corrected chi connectivity index (χ1v) is 9.52. The van der Waals surface area contributed by atoms with E-state index in [-0.39, 0.29) is 11.1 Å². The fourth-order valence-electron chi connectivity index (χ4n) is 1.60. The zero-order valence-electron chi connectivity index (χ0n) is 12.4. The fourth-order valence-corrected chi connectivity index (χ4v) is 2.90. The molecule has 0 N–H and O–H groups in total. The first kappa shape index (κ1) is 15.2. The van der Waals surface area contributed by atoms with Crippen LogP contribution >= 0.6 is 0 Å². The van der Waals surface area contributed by atoms with Crippen LogP contribution in [-0.4, -0.2) is 8.32 Å². The molecule has 0 radical (unpaired) electrons. The Hall–Kier alpha value is -0.863. The molecule has 0 bridgehead atoms. The minimum atomic E-state index is -1.74. The normalized spacial score (nSPS) is 14.3. The third-order valence-corrected chi connectivity index (χ3v) is 8.28. The topological polar surface area (TPSA) is 9.23 Å². The lowest BCUT2D eigenvalue weighted by Crippen LogP contribution is -2.41. The predicted octanol–water partition coefficient (Wildman–Crippen LogP) is 5.33. The average molecular weight is 262 g/mol. The Morgan fingerprint density at radius 2 is 1.78 bits per heavy atom. The van der Waals surface area contributed by atoms with E-state index in [0.717, 1.165) is 6.42 Å². The van der Waals surface area contributed by atoms with Crippen LogP contribution in [0.4, 0.5) is 0 Å².